The molecular weight excluding hydrogens is 330 g/mol. The van der Waals surface area contributed by atoms with Crippen molar-refractivity contribution in [1.29, 1.82) is 0 Å². The Balaban J connectivity index is 1.46. The van der Waals surface area contributed by atoms with E-state index in [4.69, 9.17) is 0 Å². The molecule has 0 aromatic heterocycles. The normalized spacial score (nSPS) is 20.0. The number of nitrogens with zero attached hydrogens (tertiary/aromatic N) is 1. The molecule has 2 heteroatoms. The van der Waals surface area contributed by atoms with Crippen LogP contribution >= 0.6 is 0 Å². The molecule has 0 saturated heterocycles. The fourth-order valence-corrected chi connectivity index (χ4v) is 4.74. The van der Waals surface area contributed by atoms with Crippen molar-refractivity contribution in [2.24, 2.45) is 5.92 Å². The molecule has 1 heterocycles. The van der Waals surface area contributed by atoms with Crippen LogP contribution in [0.5, 0.6) is 0 Å². The van der Waals surface area contributed by atoms with Crippen LogP contribution in [0.1, 0.15) is 28.7 Å². The van der Waals surface area contributed by atoms with Gasteiger partial charge in [-0.15, -0.1) is 0 Å². The number of benzene rings is 3. The smallest absolute Gasteiger partial charge is 0.227 e. The van der Waals surface area contributed by atoms with E-state index in [0.29, 0.717) is 5.91 Å². The number of hydrogen-bond acceptors (Lipinski definition) is 1. The fourth-order valence-electron chi connectivity index (χ4n) is 4.74. The Bertz CT molecular complexity index is 924. The molecule has 0 bridgehead atoms. The van der Waals surface area contributed by atoms with E-state index in [1.807, 2.05) is 12.1 Å². The second-order valence-corrected chi connectivity index (χ2v) is 7.74. The lowest BCUT2D eigenvalue weighted by molar-refractivity contribution is -0.133. The van der Waals surface area contributed by atoms with Gasteiger partial charge < -0.3 is 4.90 Å². The Morgan fingerprint density at radius 2 is 1.33 bits per heavy atom. The summed E-state index contributed by atoms with van der Waals surface area (Å²) in [6.07, 6.45) is 1.86. The molecule has 1 atom stereocenters. The van der Waals surface area contributed by atoms with Crippen LogP contribution in [0.15, 0.2) is 84.9 Å². The third-order valence-electron chi connectivity index (χ3n) is 6.28. The van der Waals surface area contributed by atoms with E-state index in [1.54, 1.807) is 0 Å². The number of amides is 1. The molecule has 2 aliphatic rings. The summed E-state index contributed by atoms with van der Waals surface area (Å²) in [6, 6.07) is 29.6. The molecule has 2 nitrogen and oxygen atoms in total. The second-order valence-electron chi connectivity index (χ2n) is 7.74. The molecule has 0 unspecified atom stereocenters. The second kappa shape index (κ2) is 6.38. The number of carbonyl (C=O) groups is 1. The minimum Gasteiger partial charge on any atom is -0.338 e. The monoisotopic (exact) mass is 353 g/mol. The lowest BCUT2D eigenvalue weighted by Crippen LogP contribution is -2.38. The minimum absolute atomic E-state index is 0.0348. The molecule has 0 radical (unpaired) electrons. The summed E-state index contributed by atoms with van der Waals surface area (Å²) < 4.78 is 0. The number of fused-ring (bicyclic) bond motifs is 1. The quantitative estimate of drug-likeness (QED) is 0.675. The number of rotatable bonds is 3. The van der Waals surface area contributed by atoms with Crippen LogP contribution in [0.2, 0.25) is 0 Å². The highest BCUT2D eigenvalue weighted by atomic mass is 16.2. The van der Waals surface area contributed by atoms with Gasteiger partial charge in [-0.05, 0) is 35.1 Å². The average Bonchev–Trinajstić information content (AvgIpc) is 3.51. The lowest BCUT2D eigenvalue weighted by Gasteiger charge is -2.30. The Morgan fingerprint density at radius 3 is 1.96 bits per heavy atom. The maximum atomic E-state index is 13.5. The summed E-state index contributed by atoms with van der Waals surface area (Å²) >= 11 is 0. The van der Waals surface area contributed by atoms with Crippen molar-refractivity contribution < 1.29 is 4.79 Å². The van der Waals surface area contributed by atoms with Gasteiger partial charge in [0.1, 0.15) is 0 Å². The van der Waals surface area contributed by atoms with Gasteiger partial charge in [-0.2, -0.15) is 0 Å². The van der Waals surface area contributed by atoms with Crippen molar-refractivity contribution in [3.63, 3.8) is 0 Å². The van der Waals surface area contributed by atoms with E-state index in [0.717, 1.165) is 25.9 Å². The first-order valence-corrected chi connectivity index (χ1v) is 9.76. The van der Waals surface area contributed by atoms with Gasteiger partial charge >= 0.3 is 0 Å². The first kappa shape index (κ1) is 16.3. The zero-order valence-electron chi connectivity index (χ0n) is 15.3. The zero-order valence-corrected chi connectivity index (χ0v) is 15.3. The summed E-state index contributed by atoms with van der Waals surface area (Å²) in [5.41, 5.74) is 5.02. The molecule has 0 spiro atoms. The van der Waals surface area contributed by atoms with Crippen molar-refractivity contribution in [3.8, 4) is 0 Å². The van der Waals surface area contributed by atoms with E-state index in [2.05, 4.69) is 77.7 Å². The molecule has 5 rings (SSSR count). The standard InChI is InChI=1S/C25H23NO/c27-24(26-16-15-19-9-7-8-10-20(19)18-26)23-17-25(23,21-11-3-1-4-12-21)22-13-5-2-6-14-22/h1-14,23H,15-18H2/t23-/m0/s1. The van der Waals surface area contributed by atoms with Crippen LogP contribution in [-0.2, 0) is 23.2 Å². The number of carbonyl (C=O) groups excluding carboxylic acids is 1. The van der Waals surface area contributed by atoms with E-state index in [1.165, 1.54) is 22.3 Å². The molecule has 3 aromatic rings. The van der Waals surface area contributed by atoms with Gasteiger partial charge in [-0.1, -0.05) is 84.9 Å². The van der Waals surface area contributed by atoms with Crippen LogP contribution in [0.4, 0.5) is 0 Å². The molecule has 1 amide bonds. The predicted molar refractivity (Wildman–Crippen MR) is 107 cm³/mol. The van der Waals surface area contributed by atoms with Crippen LogP contribution in [0, 0.1) is 5.92 Å². The molecule has 0 N–H and O–H groups in total. The van der Waals surface area contributed by atoms with Crippen molar-refractivity contribution >= 4 is 5.91 Å². The van der Waals surface area contributed by atoms with Crippen LogP contribution < -0.4 is 0 Å². The van der Waals surface area contributed by atoms with Gasteiger partial charge in [0.2, 0.25) is 5.91 Å². The van der Waals surface area contributed by atoms with E-state index in [9.17, 15) is 4.79 Å². The minimum atomic E-state index is -0.170. The molecule has 1 aliphatic carbocycles. The van der Waals surface area contributed by atoms with Crippen molar-refractivity contribution in [3.05, 3.63) is 107 Å². The molecular formula is C25H23NO. The van der Waals surface area contributed by atoms with E-state index >= 15 is 0 Å². The third kappa shape index (κ3) is 2.68. The lowest BCUT2D eigenvalue weighted by atomic mass is 9.85. The fraction of sp³-hybridized carbons (Fsp3) is 0.240. The summed E-state index contributed by atoms with van der Waals surface area (Å²) in [4.78, 5) is 15.5. The molecule has 1 fully saturated rings. The Labute approximate surface area is 160 Å². The highest BCUT2D eigenvalue weighted by molar-refractivity contribution is 5.86. The van der Waals surface area contributed by atoms with Crippen LogP contribution in [0.25, 0.3) is 0 Å². The highest BCUT2D eigenvalue weighted by Crippen LogP contribution is 2.59. The largest absolute Gasteiger partial charge is 0.338 e. The van der Waals surface area contributed by atoms with Gasteiger partial charge in [-0.25, -0.2) is 0 Å². The Hall–Kier alpha value is -2.87. The Morgan fingerprint density at radius 1 is 0.778 bits per heavy atom. The summed E-state index contributed by atoms with van der Waals surface area (Å²) in [7, 11) is 0. The van der Waals surface area contributed by atoms with Crippen LogP contribution in [0.3, 0.4) is 0 Å². The number of hydrogen-bond donors (Lipinski definition) is 0. The highest BCUT2D eigenvalue weighted by Gasteiger charge is 2.61. The third-order valence-corrected chi connectivity index (χ3v) is 6.28. The van der Waals surface area contributed by atoms with Crippen molar-refractivity contribution in [1.82, 2.24) is 4.90 Å². The molecule has 3 aromatic carbocycles. The van der Waals surface area contributed by atoms with Gasteiger partial charge in [0.15, 0.2) is 0 Å². The molecule has 1 saturated carbocycles. The predicted octanol–water partition coefficient (Wildman–Crippen LogP) is 4.58. The van der Waals surface area contributed by atoms with Gasteiger partial charge in [0.25, 0.3) is 0 Å². The zero-order chi connectivity index (χ0) is 18.3. The van der Waals surface area contributed by atoms with Crippen LogP contribution in [-0.4, -0.2) is 17.4 Å². The van der Waals surface area contributed by atoms with Gasteiger partial charge in [0, 0.05) is 18.5 Å². The summed E-state index contributed by atoms with van der Waals surface area (Å²) in [6.45, 7) is 1.57. The van der Waals surface area contributed by atoms with Crippen molar-refractivity contribution in [2.45, 2.75) is 24.8 Å². The van der Waals surface area contributed by atoms with Crippen molar-refractivity contribution in [2.75, 3.05) is 6.54 Å². The van der Waals surface area contributed by atoms with Gasteiger partial charge in [-0.3, -0.25) is 4.79 Å². The van der Waals surface area contributed by atoms with E-state index < -0.39 is 0 Å². The maximum Gasteiger partial charge on any atom is 0.227 e. The van der Waals surface area contributed by atoms with Gasteiger partial charge in [0.05, 0.1) is 5.92 Å². The SMILES string of the molecule is O=C([C@@H]1CC1(c1ccccc1)c1ccccc1)N1CCc2ccccc2C1. The van der Waals surface area contributed by atoms with E-state index in [-0.39, 0.29) is 11.3 Å². The summed E-state index contributed by atoms with van der Waals surface area (Å²) in [5.74, 6) is 0.338. The topological polar surface area (TPSA) is 20.3 Å². The molecule has 134 valence electrons. The maximum absolute atomic E-state index is 13.5. The summed E-state index contributed by atoms with van der Waals surface area (Å²) in [5, 5.41) is 0. The molecule has 1 aliphatic heterocycles. The first-order valence-electron chi connectivity index (χ1n) is 9.76. The molecule has 27 heavy (non-hydrogen) atoms. The Kier molecular flexibility index (Phi) is 3.86. The first-order chi connectivity index (χ1) is 13.3. The average molecular weight is 353 g/mol.